The zero-order chi connectivity index (χ0) is 15.2. The number of likely N-dealkylation sites (tertiary alicyclic amines) is 1. The van der Waals surface area contributed by atoms with E-state index >= 15 is 0 Å². The summed E-state index contributed by atoms with van der Waals surface area (Å²) in [6.07, 6.45) is 1.92. The van der Waals surface area contributed by atoms with Crippen molar-refractivity contribution in [3.05, 3.63) is 35.4 Å². The quantitative estimate of drug-likeness (QED) is 0.852. The number of nitrogens with one attached hydrogen (secondary N) is 1. The third-order valence-electron chi connectivity index (χ3n) is 3.94. The summed E-state index contributed by atoms with van der Waals surface area (Å²) in [6, 6.07) is 7.47. The highest BCUT2D eigenvalue weighted by Crippen LogP contribution is 2.20. The summed E-state index contributed by atoms with van der Waals surface area (Å²) in [6.45, 7) is 2.34. The van der Waals surface area contributed by atoms with Gasteiger partial charge in [-0.25, -0.2) is 4.79 Å². The lowest BCUT2D eigenvalue weighted by atomic mass is 9.96. The SMILES string of the molecule is CNC(=O)C1CCCN(Cc2ccccc2C(=O)OC)C1. The van der Waals surface area contributed by atoms with Gasteiger partial charge in [-0.3, -0.25) is 9.69 Å². The number of carbonyl (C=O) groups is 2. The van der Waals surface area contributed by atoms with Crippen LogP contribution < -0.4 is 5.32 Å². The predicted molar refractivity (Wildman–Crippen MR) is 79.8 cm³/mol. The Labute approximate surface area is 125 Å². The Kier molecular flexibility index (Phi) is 5.33. The molecule has 1 amide bonds. The number of ether oxygens (including phenoxy) is 1. The van der Waals surface area contributed by atoms with Gasteiger partial charge in [-0.1, -0.05) is 18.2 Å². The van der Waals surface area contributed by atoms with Gasteiger partial charge >= 0.3 is 5.97 Å². The minimum atomic E-state index is -0.314. The van der Waals surface area contributed by atoms with E-state index in [-0.39, 0.29) is 17.8 Å². The van der Waals surface area contributed by atoms with Crippen molar-refractivity contribution in [2.75, 3.05) is 27.2 Å². The van der Waals surface area contributed by atoms with E-state index in [9.17, 15) is 9.59 Å². The molecule has 0 aliphatic carbocycles. The fourth-order valence-corrected chi connectivity index (χ4v) is 2.83. The summed E-state index contributed by atoms with van der Waals surface area (Å²) in [5.74, 6) is -0.180. The number of hydrogen-bond acceptors (Lipinski definition) is 4. The molecule has 1 heterocycles. The molecule has 2 rings (SSSR count). The van der Waals surface area contributed by atoms with Crippen LogP contribution in [0.25, 0.3) is 0 Å². The van der Waals surface area contributed by atoms with Crippen molar-refractivity contribution >= 4 is 11.9 Å². The normalized spacial score (nSPS) is 19.0. The molecule has 1 fully saturated rings. The molecule has 5 heteroatoms. The third-order valence-corrected chi connectivity index (χ3v) is 3.94. The van der Waals surface area contributed by atoms with Crippen LogP contribution in [-0.4, -0.2) is 44.0 Å². The monoisotopic (exact) mass is 290 g/mol. The Balaban J connectivity index is 2.08. The first-order chi connectivity index (χ1) is 10.2. The first-order valence-electron chi connectivity index (χ1n) is 7.26. The van der Waals surface area contributed by atoms with Crippen LogP contribution in [0.5, 0.6) is 0 Å². The average molecular weight is 290 g/mol. The van der Waals surface area contributed by atoms with Crippen molar-refractivity contribution in [1.82, 2.24) is 10.2 Å². The molecular weight excluding hydrogens is 268 g/mol. The number of esters is 1. The fourth-order valence-electron chi connectivity index (χ4n) is 2.83. The molecule has 5 nitrogen and oxygen atoms in total. The molecule has 1 aromatic carbocycles. The molecule has 21 heavy (non-hydrogen) atoms. The maximum Gasteiger partial charge on any atom is 0.338 e. The molecule has 1 aliphatic rings. The summed E-state index contributed by atoms with van der Waals surface area (Å²) in [5, 5.41) is 2.72. The van der Waals surface area contributed by atoms with Crippen LogP contribution in [0.2, 0.25) is 0 Å². The average Bonchev–Trinajstić information content (AvgIpc) is 2.54. The summed E-state index contributed by atoms with van der Waals surface area (Å²) in [5.41, 5.74) is 1.55. The van der Waals surface area contributed by atoms with Gasteiger partial charge in [-0.05, 0) is 31.0 Å². The maximum atomic E-state index is 11.8. The highest BCUT2D eigenvalue weighted by atomic mass is 16.5. The van der Waals surface area contributed by atoms with E-state index in [1.54, 1.807) is 13.1 Å². The standard InChI is InChI=1S/C16H22N2O3/c1-17-15(19)13-7-5-9-18(11-13)10-12-6-3-4-8-14(12)16(20)21-2/h3-4,6,8,13H,5,7,9-11H2,1-2H3,(H,17,19). The van der Waals surface area contributed by atoms with E-state index < -0.39 is 0 Å². The minimum Gasteiger partial charge on any atom is -0.465 e. The highest BCUT2D eigenvalue weighted by Gasteiger charge is 2.25. The van der Waals surface area contributed by atoms with Crippen molar-refractivity contribution in [3.63, 3.8) is 0 Å². The van der Waals surface area contributed by atoms with Gasteiger partial charge in [0.2, 0.25) is 5.91 Å². The Morgan fingerprint density at radius 3 is 2.86 bits per heavy atom. The Morgan fingerprint density at radius 2 is 2.14 bits per heavy atom. The van der Waals surface area contributed by atoms with E-state index in [1.807, 2.05) is 18.2 Å². The van der Waals surface area contributed by atoms with Crippen LogP contribution in [0.3, 0.4) is 0 Å². The number of piperidine rings is 1. The first-order valence-corrected chi connectivity index (χ1v) is 7.26. The molecule has 1 aromatic rings. The van der Waals surface area contributed by atoms with Crippen LogP contribution in [0.1, 0.15) is 28.8 Å². The number of hydrogen-bond donors (Lipinski definition) is 1. The lowest BCUT2D eigenvalue weighted by Gasteiger charge is -2.32. The van der Waals surface area contributed by atoms with Gasteiger partial charge in [-0.2, -0.15) is 0 Å². The van der Waals surface area contributed by atoms with Crippen molar-refractivity contribution < 1.29 is 14.3 Å². The summed E-state index contributed by atoms with van der Waals surface area (Å²) in [4.78, 5) is 25.8. The van der Waals surface area contributed by atoms with Gasteiger partial charge in [0.15, 0.2) is 0 Å². The van der Waals surface area contributed by atoms with E-state index in [2.05, 4.69) is 10.2 Å². The number of carbonyl (C=O) groups excluding carboxylic acids is 2. The lowest BCUT2D eigenvalue weighted by molar-refractivity contribution is -0.126. The van der Waals surface area contributed by atoms with Gasteiger partial charge in [0, 0.05) is 20.1 Å². The first kappa shape index (κ1) is 15.5. The summed E-state index contributed by atoms with van der Waals surface area (Å²) >= 11 is 0. The van der Waals surface area contributed by atoms with E-state index in [0.717, 1.165) is 31.5 Å². The molecule has 1 N–H and O–H groups in total. The number of benzene rings is 1. The predicted octanol–water partition coefficient (Wildman–Crippen LogP) is 1.43. The zero-order valence-corrected chi connectivity index (χ0v) is 12.6. The van der Waals surface area contributed by atoms with Gasteiger partial charge in [0.25, 0.3) is 0 Å². The van der Waals surface area contributed by atoms with Gasteiger partial charge in [0.05, 0.1) is 18.6 Å². The minimum absolute atomic E-state index is 0.0361. The van der Waals surface area contributed by atoms with Crippen LogP contribution in [0.15, 0.2) is 24.3 Å². The molecule has 1 unspecified atom stereocenters. The van der Waals surface area contributed by atoms with Crippen molar-refractivity contribution in [3.8, 4) is 0 Å². The molecule has 114 valence electrons. The van der Waals surface area contributed by atoms with E-state index in [1.165, 1.54) is 7.11 Å². The molecular formula is C16H22N2O3. The zero-order valence-electron chi connectivity index (χ0n) is 12.6. The van der Waals surface area contributed by atoms with Crippen LogP contribution in [0.4, 0.5) is 0 Å². The van der Waals surface area contributed by atoms with Crippen molar-refractivity contribution in [2.45, 2.75) is 19.4 Å². The summed E-state index contributed by atoms with van der Waals surface area (Å²) in [7, 11) is 3.06. The van der Waals surface area contributed by atoms with Crippen LogP contribution >= 0.6 is 0 Å². The topological polar surface area (TPSA) is 58.6 Å². The molecule has 1 saturated heterocycles. The second-order valence-electron chi connectivity index (χ2n) is 5.34. The van der Waals surface area contributed by atoms with Crippen LogP contribution in [-0.2, 0) is 16.1 Å². The molecule has 1 aliphatic heterocycles. The van der Waals surface area contributed by atoms with Crippen LogP contribution in [0, 0.1) is 5.92 Å². The third kappa shape index (κ3) is 3.82. The Morgan fingerprint density at radius 1 is 1.38 bits per heavy atom. The molecule has 0 saturated carbocycles. The largest absolute Gasteiger partial charge is 0.465 e. The van der Waals surface area contributed by atoms with E-state index in [4.69, 9.17) is 4.74 Å². The molecule has 0 spiro atoms. The van der Waals surface area contributed by atoms with Crippen molar-refractivity contribution in [1.29, 1.82) is 0 Å². The second-order valence-corrected chi connectivity index (χ2v) is 5.34. The van der Waals surface area contributed by atoms with Gasteiger partial charge < -0.3 is 10.1 Å². The smallest absolute Gasteiger partial charge is 0.338 e. The Bertz CT molecular complexity index is 516. The highest BCUT2D eigenvalue weighted by molar-refractivity contribution is 5.90. The van der Waals surface area contributed by atoms with Gasteiger partial charge in [0.1, 0.15) is 0 Å². The maximum absolute atomic E-state index is 11.8. The van der Waals surface area contributed by atoms with Crippen molar-refractivity contribution in [2.24, 2.45) is 5.92 Å². The number of rotatable bonds is 4. The Hall–Kier alpha value is -1.88. The van der Waals surface area contributed by atoms with Gasteiger partial charge in [-0.15, -0.1) is 0 Å². The molecule has 1 atom stereocenters. The summed E-state index contributed by atoms with van der Waals surface area (Å²) < 4.78 is 4.82. The number of amides is 1. The van der Waals surface area contributed by atoms with E-state index in [0.29, 0.717) is 12.1 Å². The molecule has 0 bridgehead atoms. The molecule has 0 radical (unpaired) electrons. The fraction of sp³-hybridized carbons (Fsp3) is 0.500. The number of methoxy groups -OCH3 is 1. The lowest BCUT2D eigenvalue weighted by Crippen LogP contribution is -2.41. The number of nitrogens with zero attached hydrogens (tertiary/aromatic N) is 1. The second kappa shape index (κ2) is 7.22. The molecule has 0 aromatic heterocycles.